The van der Waals surface area contributed by atoms with Gasteiger partial charge in [0.05, 0.1) is 0 Å². The van der Waals surface area contributed by atoms with E-state index in [0.29, 0.717) is 16.8 Å². The molecule has 3 rings (SSSR count). The van der Waals surface area contributed by atoms with Crippen LogP contribution in [0.1, 0.15) is 15.9 Å². The SMILES string of the molecule is O=C(Nc1ccncc1)c1ccc(CNS(=O)(=O)c2ccccc2F)cc1. The smallest absolute Gasteiger partial charge is 0.255 e. The average Bonchev–Trinajstić information content (AvgIpc) is 2.68. The number of aromatic nitrogens is 1. The Balaban J connectivity index is 1.64. The number of carbonyl (C=O) groups is 1. The molecule has 0 radical (unpaired) electrons. The van der Waals surface area contributed by atoms with Crippen LogP contribution in [0.3, 0.4) is 0 Å². The van der Waals surface area contributed by atoms with E-state index in [1.54, 1.807) is 48.8 Å². The van der Waals surface area contributed by atoms with Crippen molar-refractivity contribution in [3.63, 3.8) is 0 Å². The maximum absolute atomic E-state index is 13.7. The van der Waals surface area contributed by atoms with Gasteiger partial charge >= 0.3 is 0 Å². The molecular weight excluding hydrogens is 369 g/mol. The Morgan fingerprint density at radius 3 is 2.30 bits per heavy atom. The summed E-state index contributed by atoms with van der Waals surface area (Å²) in [5.74, 6) is -1.10. The van der Waals surface area contributed by atoms with E-state index in [9.17, 15) is 17.6 Å². The number of anilines is 1. The van der Waals surface area contributed by atoms with Gasteiger partial charge in [-0.05, 0) is 42.0 Å². The number of carbonyl (C=O) groups excluding carboxylic acids is 1. The zero-order valence-corrected chi connectivity index (χ0v) is 14.9. The van der Waals surface area contributed by atoms with Crippen molar-refractivity contribution in [1.29, 1.82) is 0 Å². The largest absolute Gasteiger partial charge is 0.322 e. The van der Waals surface area contributed by atoms with E-state index < -0.39 is 20.7 Å². The first-order chi connectivity index (χ1) is 13.0. The van der Waals surface area contributed by atoms with Gasteiger partial charge in [0.2, 0.25) is 10.0 Å². The van der Waals surface area contributed by atoms with Crippen molar-refractivity contribution < 1.29 is 17.6 Å². The molecule has 0 aliphatic rings. The third kappa shape index (κ3) is 4.75. The molecule has 0 aliphatic heterocycles. The predicted octanol–water partition coefficient (Wildman–Crippen LogP) is 2.95. The van der Waals surface area contributed by atoms with Crippen LogP contribution in [0, 0.1) is 5.82 Å². The first kappa shape index (κ1) is 18.7. The van der Waals surface area contributed by atoms with E-state index in [2.05, 4.69) is 15.0 Å². The van der Waals surface area contributed by atoms with E-state index in [1.165, 1.54) is 18.2 Å². The van der Waals surface area contributed by atoms with Crippen LogP contribution in [-0.4, -0.2) is 19.3 Å². The Hall–Kier alpha value is -3.10. The third-order valence-corrected chi connectivity index (χ3v) is 5.18. The van der Waals surface area contributed by atoms with Crippen LogP contribution in [0.5, 0.6) is 0 Å². The molecule has 8 heteroatoms. The van der Waals surface area contributed by atoms with Crippen molar-refractivity contribution in [2.24, 2.45) is 0 Å². The average molecular weight is 385 g/mol. The number of benzene rings is 2. The minimum absolute atomic E-state index is 0.0249. The summed E-state index contributed by atoms with van der Waals surface area (Å²) in [6.07, 6.45) is 3.14. The molecule has 0 saturated carbocycles. The lowest BCUT2D eigenvalue weighted by molar-refractivity contribution is 0.102. The molecule has 27 heavy (non-hydrogen) atoms. The van der Waals surface area contributed by atoms with Crippen molar-refractivity contribution in [3.05, 3.63) is 90.0 Å². The first-order valence-corrected chi connectivity index (χ1v) is 9.48. The Morgan fingerprint density at radius 1 is 0.963 bits per heavy atom. The summed E-state index contributed by atoms with van der Waals surface area (Å²) in [7, 11) is -3.97. The highest BCUT2D eigenvalue weighted by atomic mass is 32.2. The highest BCUT2D eigenvalue weighted by molar-refractivity contribution is 7.89. The summed E-state index contributed by atoms with van der Waals surface area (Å²) in [5, 5.41) is 2.73. The summed E-state index contributed by atoms with van der Waals surface area (Å²) in [6, 6.07) is 14.9. The molecule has 2 aromatic carbocycles. The maximum Gasteiger partial charge on any atom is 0.255 e. The first-order valence-electron chi connectivity index (χ1n) is 8.00. The number of nitrogens with zero attached hydrogens (tertiary/aromatic N) is 1. The molecule has 6 nitrogen and oxygen atoms in total. The summed E-state index contributed by atoms with van der Waals surface area (Å²) >= 11 is 0. The van der Waals surface area contributed by atoms with Gasteiger partial charge in [0.15, 0.2) is 0 Å². The van der Waals surface area contributed by atoms with E-state index in [4.69, 9.17) is 0 Å². The van der Waals surface area contributed by atoms with Gasteiger partial charge < -0.3 is 5.32 Å². The molecule has 1 amide bonds. The quantitative estimate of drug-likeness (QED) is 0.683. The predicted molar refractivity (Wildman–Crippen MR) is 99.1 cm³/mol. The molecule has 1 aromatic heterocycles. The number of amides is 1. The van der Waals surface area contributed by atoms with E-state index in [-0.39, 0.29) is 12.5 Å². The van der Waals surface area contributed by atoms with Gasteiger partial charge in [-0.2, -0.15) is 0 Å². The van der Waals surface area contributed by atoms with Crippen LogP contribution in [0.2, 0.25) is 0 Å². The lowest BCUT2D eigenvalue weighted by Gasteiger charge is -2.09. The molecule has 0 spiro atoms. The molecule has 2 N–H and O–H groups in total. The maximum atomic E-state index is 13.7. The second-order valence-corrected chi connectivity index (χ2v) is 7.38. The van der Waals surface area contributed by atoms with Gasteiger partial charge in [0.1, 0.15) is 10.7 Å². The highest BCUT2D eigenvalue weighted by Gasteiger charge is 2.18. The Morgan fingerprint density at radius 2 is 1.63 bits per heavy atom. The molecule has 0 unspecified atom stereocenters. The number of rotatable bonds is 6. The van der Waals surface area contributed by atoms with Gasteiger partial charge in [-0.3, -0.25) is 9.78 Å². The van der Waals surface area contributed by atoms with Crippen LogP contribution < -0.4 is 10.0 Å². The lowest BCUT2D eigenvalue weighted by Crippen LogP contribution is -2.24. The topological polar surface area (TPSA) is 88.2 Å². The van der Waals surface area contributed by atoms with Gasteiger partial charge in [-0.1, -0.05) is 24.3 Å². The Kier molecular flexibility index (Phi) is 5.58. The second kappa shape index (κ2) is 8.07. The monoisotopic (exact) mass is 385 g/mol. The Bertz CT molecular complexity index is 1040. The molecule has 138 valence electrons. The number of hydrogen-bond donors (Lipinski definition) is 2. The van der Waals surface area contributed by atoms with Gasteiger partial charge in [-0.25, -0.2) is 17.5 Å². The van der Waals surface area contributed by atoms with E-state index in [1.807, 2.05) is 0 Å². The summed E-state index contributed by atoms with van der Waals surface area (Å²) < 4.78 is 40.4. The minimum Gasteiger partial charge on any atom is -0.322 e. The number of sulfonamides is 1. The van der Waals surface area contributed by atoms with Crippen LogP contribution in [0.15, 0.2) is 78.0 Å². The fourth-order valence-corrected chi connectivity index (χ4v) is 3.43. The fraction of sp³-hybridized carbons (Fsp3) is 0.0526. The summed E-state index contributed by atoms with van der Waals surface area (Å²) in [5.41, 5.74) is 1.68. The number of hydrogen-bond acceptors (Lipinski definition) is 4. The van der Waals surface area contributed by atoms with Crippen LogP contribution in [0.25, 0.3) is 0 Å². The number of pyridine rings is 1. The van der Waals surface area contributed by atoms with Gasteiger partial charge in [-0.15, -0.1) is 0 Å². The molecule has 3 aromatic rings. The summed E-state index contributed by atoms with van der Waals surface area (Å²) in [6.45, 7) is -0.0249. The number of nitrogens with one attached hydrogen (secondary N) is 2. The van der Waals surface area contributed by atoms with E-state index >= 15 is 0 Å². The lowest BCUT2D eigenvalue weighted by atomic mass is 10.1. The van der Waals surface area contributed by atoms with E-state index in [0.717, 1.165) is 6.07 Å². The van der Waals surface area contributed by atoms with Gasteiger partial charge in [0.25, 0.3) is 5.91 Å². The number of halogens is 1. The van der Waals surface area contributed by atoms with Crippen LogP contribution >= 0.6 is 0 Å². The zero-order valence-electron chi connectivity index (χ0n) is 14.1. The van der Waals surface area contributed by atoms with Crippen LogP contribution in [-0.2, 0) is 16.6 Å². The van der Waals surface area contributed by atoms with Crippen molar-refractivity contribution in [2.45, 2.75) is 11.4 Å². The molecule has 0 fully saturated rings. The third-order valence-electron chi connectivity index (χ3n) is 3.75. The molecule has 0 bridgehead atoms. The second-order valence-electron chi connectivity index (χ2n) is 5.64. The fourth-order valence-electron chi connectivity index (χ4n) is 2.33. The van der Waals surface area contributed by atoms with Crippen molar-refractivity contribution in [2.75, 3.05) is 5.32 Å². The van der Waals surface area contributed by atoms with Crippen LogP contribution in [0.4, 0.5) is 10.1 Å². The highest BCUT2D eigenvalue weighted by Crippen LogP contribution is 2.14. The molecule has 1 heterocycles. The minimum atomic E-state index is -3.97. The zero-order chi connectivity index (χ0) is 19.3. The van der Waals surface area contributed by atoms with Gasteiger partial charge in [0, 0.05) is 30.2 Å². The van der Waals surface area contributed by atoms with Crippen molar-refractivity contribution in [1.82, 2.24) is 9.71 Å². The summed E-state index contributed by atoms with van der Waals surface area (Å²) in [4.78, 5) is 15.6. The Labute approximate surface area is 156 Å². The van der Waals surface area contributed by atoms with Crippen molar-refractivity contribution in [3.8, 4) is 0 Å². The normalized spacial score (nSPS) is 11.1. The standard InChI is InChI=1S/C19H16FN3O3S/c20-17-3-1-2-4-18(17)27(25,26)22-13-14-5-7-15(8-6-14)19(24)23-16-9-11-21-12-10-16/h1-12,22H,13H2,(H,21,23,24). The molecule has 0 atom stereocenters. The van der Waals surface area contributed by atoms with Crippen molar-refractivity contribution >= 4 is 21.6 Å². The molecular formula is C19H16FN3O3S. The molecule has 0 aliphatic carbocycles. The molecule has 0 saturated heterocycles.